The summed E-state index contributed by atoms with van der Waals surface area (Å²) in [6.45, 7) is 0.411. The van der Waals surface area contributed by atoms with Crippen molar-refractivity contribution in [2.75, 3.05) is 49.1 Å². The summed E-state index contributed by atoms with van der Waals surface area (Å²) in [4.78, 5) is 66.4. The Morgan fingerprint density at radius 2 is 0.685 bits per heavy atom. The van der Waals surface area contributed by atoms with Crippen LogP contribution in [0.2, 0.25) is 20.1 Å². The first kappa shape index (κ1) is 77.2. The summed E-state index contributed by atoms with van der Waals surface area (Å²) < 4.78 is 117. The number of benzene rings is 8. The summed E-state index contributed by atoms with van der Waals surface area (Å²) in [5.74, 6) is 2.14. The van der Waals surface area contributed by atoms with Gasteiger partial charge in [-0.2, -0.15) is 0 Å². The van der Waals surface area contributed by atoms with Gasteiger partial charge in [0.1, 0.15) is 40.6 Å². The van der Waals surface area contributed by atoms with E-state index in [4.69, 9.17) is 74.8 Å². The van der Waals surface area contributed by atoms with Gasteiger partial charge in [0.2, 0.25) is 13.6 Å². The second-order valence-corrected chi connectivity index (χ2v) is 26.7. The molecule has 4 aromatic heterocycles. The van der Waals surface area contributed by atoms with Crippen LogP contribution >= 0.6 is 78.3 Å². The van der Waals surface area contributed by atoms with Gasteiger partial charge in [0.25, 0.3) is 23.6 Å². The van der Waals surface area contributed by atoms with E-state index < -0.39 is 30.2 Å². The average Bonchev–Trinajstić information content (AvgIpc) is 1.67. The lowest BCUT2D eigenvalue weighted by molar-refractivity contribution is -0.287. The molecule has 4 aliphatic rings. The third-order valence-electron chi connectivity index (χ3n) is 16.2. The number of hydrogen-bond acceptors (Lipinski definition) is 18. The summed E-state index contributed by atoms with van der Waals surface area (Å²) in [5, 5.41) is 11.8. The summed E-state index contributed by atoms with van der Waals surface area (Å²) in [6, 6.07) is 50.2. The molecule has 0 saturated heterocycles. The maximum absolute atomic E-state index is 13.5. The lowest BCUT2D eigenvalue weighted by Gasteiger charge is -2.10. The predicted octanol–water partition coefficient (Wildman–Crippen LogP) is 20.4. The van der Waals surface area contributed by atoms with Crippen LogP contribution in [-0.2, 0) is 0 Å². The van der Waals surface area contributed by atoms with Crippen LogP contribution in [0.1, 0.15) is 41.4 Å². The van der Waals surface area contributed by atoms with E-state index in [2.05, 4.69) is 92.0 Å². The zero-order chi connectivity index (χ0) is 78.3. The van der Waals surface area contributed by atoms with Crippen molar-refractivity contribution < 1.29 is 88.5 Å². The number of amides is 4. The van der Waals surface area contributed by atoms with E-state index in [0.29, 0.717) is 95.2 Å². The van der Waals surface area contributed by atoms with Crippen molar-refractivity contribution in [2.24, 2.45) is 0 Å². The van der Waals surface area contributed by atoms with E-state index in [0.717, 1.165) is 37.3 Å². The van der Waals surface area contributed by atoms with Crippen molar-refractivity contribution in [2.45, 2.75) is 12.6 Å². The minimum atomic E-state index is -3.73. The molecule has 0 atom stereocenters. The molecule has 0 aliphatic carbocycles. The van der Waals surface area contributed by atoms with Crippen molar-refractivity contribution in [3.63, 3.8) is 0 Å². The Bertz CT molecular complexity index is 5580. The molecule has 8 aromatic carbocycles. The molecule has 562 valence electrons. The zero-order valence-corrected chi connectivity index (χ0v) is 63.0. The van der Waals surface area contributed by atoms with Gasteiger partial charge in [-0.05, 0) is 140 Å². The van der Waals surface area contributed by atoms with E-state index >= 15 is 0 Å². The van der Waals surface area contributed by atoms with Crippen molar-refractivity contribution in [1.82, 2.24) is 19.9 Å². The van der Waals surface area contributed by atoms with Crippen LogP contribution in [0.4, 0.5) is 45.2 Å². The topological polar surface area (TPSA) is 260 Å². The number of para-hydroxylation sites is 1. The zero-order valence-electron chi connectivity index (χ0n) is 56.8. The van der Waals surface area contributed by atoms with Crippen molar-refractivity contribution in [3.05, 3.63) is 270 Å². The Balaban J connectivity index is 0.000000130. The lowest BCUT2D eigenvalue weighted by atomic mass is 10.1. The number of nitrogens with one attached hydrogen (secondary N) is 4. The first-order chi connectivity index (χ1) is 53.3. The number of hydrogen-bond donors (Lipinski definition) is 4. The average molecular weight is 1720 g/mol. The van der Waals surface area contributed by atoms with Crippen LogP contribution in [0.3, 0.4) is 0 Å². The molecule has 12 aromatic rings. The third kappa shape index (κ3) is 18.3. The Hall–Kier alpha value is -12.0. The second kappa shape index (κ2) is 33.5. The van der Waals surface area contributed by atoms with Gasteiger partial charge < -0.3 is 68.6 Å². The first-order valence-electron chi connectivity index (χ1n) is 32.3. The summed E-state index contributed by atoms with van der Waals surface area (Å²) in [7, 11) is 2.89. The highest BCUT2D eigenvalue weighted by Gasteiger charge is 2.45. The number of alkyl halides is 4. The van der Waals surface area contributed by atoms with Crippen LogP contribution in [0.15, 0.2) is 222 Å². The number of anilines is 4. The molecule has 0 fully saturated rings. The summed E-state index contributed by atoms with van der Waals surface area (Å²) >= 11 is 31.4. The fraction of sp³-hybridized carbons (Fsp3) is 0.0769. The molecular formula is C78H49Br2Cl4F5N8O14. The number of ether oxygens (including phenoxy) is 10. The van der Waals surface area contributed by atoms with Gasteiger partial charge in [-0.1, -0.05) is 115 Å². The molecule has 4 amide bonds. The highest BCUT2D eigenvalue weighted by atomic mass is 79.9. The summed E-state index contributed by atoms with van der Waals surface area (Å²) in [6.07, 6.45) is -1.24. The lowest BCUT2D eigenvalue weighted by Crippen LogP contribution is -2.25. The number of pyridine rings is 4. The molecular weight excluding hydrogens is 1670 g/mol. The molecule has 0 unspecified atom stereocenters. The Kier molecular flexibility index (Phi) is 23.3. The maximum Gasteiger partial charge on any atom is 0.586 e. The van der Waals surface area contributed by atoms with E-state index in [9.17, 15) is 41.1 Å². The number of methoxy groups -OCH3 is 2. The molecule has 0 bridgehead atoms. The van der Waals surface area contributed by atoms with E-state index in [-0.39, 0.29) is 75.6 Å². The minimum absolute atomic E-state index is 0.0897. The normalized spacial score (nSPS) is 13.0. The third-order valence-corrected chi connectivity index (χ3v) is 18.8. The van der Waals surface area contributed by atoms with E-state index in [1.54, 1.807) is 122 Å². The number of halogens is 11. The van der Waals surface area contributed by atoms with Crippen molar-refractivity contribution in [1.29, 1.82) is 0 Å². The Morgan fingerprint density at radius 1 is 0.369 bits per heavy atom. The largest absolute Gasteiger partial charge is 0.586 e. The second-order valence-electron chi connectivity index (χ2n) is 23.3. The van der Waals surface area contributed by atoms with E-state index in [1.807, 2.05) is 36.4 Å². The molecule has 0 spiro atoms. The monoisotopic (exact) mass is 1710 g/mol. The van der Waals surface area contributed by atoms with Gasteiger partial charge in [-0.25, -0.2) is 24.3 Å². The number of rotatable bonds is 14. The van der Waals surface area contributed by atoms with E-state index in [1.165, 1.54) is 63.0 Å². The molecule has 0 saturated carbocycles. The standard InChI is InChI=1S/C20H14BrFN2O4.C20H13ClF2N2O4.C19H12BrClN2O3.C19H10Cl2F2N2O3/c1-26-16-4-3-12(22)6-14(16)20(25)24-19-5-2-11(9-23-19)13-7-17-18(8-15(13)21)28-10-27-17;1-27-15-5-3-2-4-12(15)19(26)25-18-7-6-11(10-24-18)13-8-16-17(9-14(13)21)29-20(22,23)28-16;20-14-8-17-16(25-10-26-17)7-13(14)11-5-6-18(22-9-11)23-19(24)12-3-1-2-4-15(12)21;20-13-4-2-1-3-11(13)18(26)25-17-6-5-10(9-24-17)12-7-15-16(8-14(12)21)28-19(22,23)27-15/h2-9H,10H2,1H3,(H,23,24,25);2-10H,1H3,(H,24,25,26);1-9H,10H2,(H,22,23,24);1-9H,(H,24,25,26). The molecule has 22 nitrogen and oxygen atoms in total. The van der Waals surface area contributed by atoms with Crippen LogP contribution in [0, 0.1) is 5.82 Å². The van der Waals surface area contributed by atoms with Crippen molar-refractivity contribution >= 4 is 125 Å². The van der Waals surface area contributed by atoms with Gasteiger partial charge in [-0.15, -0.1) is 17.6 Å². The number of carbonyl (C=O) groups is 4. The van der Waals surface area contributed by atoms with Crippen LogP contribution < -0.4 is 68.6 Å². The van der Waals surface area contributed by atoms with Crippen LogP contribution in [-0.4, -0.2) is 84.0 Å². The molecule has 4 N–H and O–H groups in total. The number of fused-ring (bicyclic) bond motifs is 4. The highest BCUT2D eigenvalue weighted by molar-refractivity contribution is 9.11. The maximum atomic E-state index is 13.5. The van der Waals surface area contributed by atoms with Gasteiger partial charge in [0.05, 0.1) is 56.6 Å². The van der Waals surface area contributed by atoms with Crippen LogP contribution in [0.25, 0.3) is 44.5 Å². The number of carbonyl (C=O) groups excluding carboxylic acids is 4. The quantitative estimate of drug-likeness (QED) is 0.0738. The van der Waals surface area contributed by atoms with Gasteiger partial charge in [-0.3, -0.25) is 19.2 Å². The molecule has 111 heavy (non-hydrogen) atoms. The number of nitrogens with zero attached hydrogens (tertiary/aromatic N) is 4. The molecule has 0 radical (unpaired) electrons. The Labute approximate surface area is 662 Å². The molecule has 8 heterocycles. The van der Waals surface area contributed by atoms with Gasteiger partial charge in [0.15, 0.2) is 46.0 Å². The molecule has 4 aliphatic heterocycles. The smallest absolute Gasteiger partial charge is 0.496 e. The van der Waals surface area contributed by atoms with Crippen LogP contribution in [0.5, 0.6) is 57.5 Å². The van der Waals surface area contributed by atoms with Gasteiger partial charge >= 0.3 is 12.6 Å². The minimum Gasteiger partial charge on any atom is -0.496 e. The van der Waals surface area contributed by atoms with Gasteiger partial charge in [0, 0.05) is 90.4 Å². The molecule has 16 rings (SSSR count). The Morgan fingerprint density at radius 3 is 1.05 bits per heavy atom. The van der Waals surface area contributed by atoms with Crippen molar-refractivity contribution in [3.8, 4) is 102 Å². The first-order valence-corrected chi connectivity index (χ1v) is 35.4. The number of aromatic nitrogens is 4. The predicted molar refractivity (Wildman–Crippen MR) is 409 cm³/mol. The SMILES string of the molecule is COc1ccc(F)cc1C(=O)Nc1ccc(-c2cc3c(cc2Br)OCO3)cn1.COc1ccccc1C(=O)Nc1ccc(-c2cc3c(cc2Cl)OC(F)(F)O3)cn1.O=C(Nc1ccc(-c2cc3c(cc2Br)OCO3)cn1)c1ccccc1Cl.O=C(Nc1ccc(-c2cc3c(cc2Cl)OC(F)(F)O3)cn1)c1ccccc1Cl. The fourth-order valence-corrected chi connectivity index (χ4v) is 13.0. The fourth-order valence-electron chi connectivity index (χ4n) is 10.9. The summed E-state index contributed by atoms with van der Waals surface area (Å²) in [5.41, 5.74) is 6.62. The highest BCUT2D eigenvalue weighted by Crippen LogP contribution is 2.49. The molecule has 33 heteroatoms.